The van der Waals surface area contributed by atoms with Crippen LogP contribution >= 0.6 is 23.5 Å². The normalized spacial score (nSPS) is 12.6. The third-order valence-electron chi connectivity index (χ3n) is 4.06. The molecule has 4 rings (SSSR count). The second-order valence-corrected chi connectivity index (χ2v) is 7.67. The fourth-order valence-corrected chi connectivity index (χ4v) is 4.54. The molecule has 25 heavy (non-hydrogen) atoms. The zero-order valence-electron chi connectivity index (χ0n) is 13.8. The summed E-state index contributed by atoms with van der Waals surface area (Å²) in [6.07, 6.45) is 0. The lowest BCUT2D eigenvalue weighted by Crippen LogP contribution is -2.30. The number of aromatic nitrogens is 3. The molecule has 1 amide bonds. The molecule has 0 N–H and O–H groups in total. The molecule has 2 aromatic carbocycles. The highest BCUT2D eigenvalue weighted by Crippen LogP contribution is 2.48. The van der Waals surface area contributed by atoms with Crippen LogP contribution in [-0.4, -0.2) is 26.4 Å². The maximum Gasteiger partial charge on any atom is 0.242 e. The molecule has 2 heterocycles. The lowest BCUT2D eigenvalue weighted by Gasteiger charge is -2.30. The van der Waals surface area contributed by atoms with E-state index in [4.69, 9.17) is 0 Å². The van der Waals surface area contributed by atoms with Crippen molar-refractivity contribution in [3.05, 3.63) is 54.4 Å². The summed E-state index contributed by atoms with van der Waals surface area (Å²) in [6.45, 7) is 1.90. The first-order valence-electron chi connectivity index (χ1n) is 7.83. The largest absolute Gasteiger partial charge is 0.309 e. The van der Waals surface area contributed by atoms with Crippen LogP contribution in [0.3, 0.4) is 0 Å². The molecule has 0 radical (unpaired) electrons. The van der Waals surface area contributed by atoms with E-state index in [9.17, 15) is 4.79 Å². The molecule has 0 saturated heterocycles. The Bertz CT molecular complexity index is 908. The summed E-state index contributed by atoms with van der Waals surface area (Å²) >= 11 is 3.11. The van der Waals surface area contributed by atoms with Crippen molar-refractivity contribution in [2.45, 2.75) is 21.9 Å². The van der Waals surface area contributed by atoms with Gasteiger partial charge in [-0.3, -0.25) is 9.69 Å². The zero-order valence-corrected chi connectivity index (χ0v) is 15.5. The Morgan fingerprint density at radius 3 is 2.20 bits per heavy atom. The lowest BCUT2D eigenvalue weighted by molar-refractivity contribution is -0.115. The van der Waals surface area contributed by atoms with Crippen LogP contribution in [0.5, 0.6) is 0 Å². The van der Waals surface area contributed by atoms with E-state index < -0.39 is 0 Å². The summed E-state index contributed by atoms with van der Waals surface area (Å²) in [6, 6.07) is 16.0. The smallest absolute Gasteiger partial charge is 0.242 e. The minimum absolute atomic E-state index is 0.0332. The van der Waals surface area contributed by atoms with E-state index in [1.165, 1.54) is 11.8 Å². The van der Waals surface area contributed by atoms with Crippen LogP contribution in [0.1, 0.15) is 5.82 Å². The van der Waals surface area contributed by atoms with E-state index in [-0.39, 0.29) is 5.91 Å². The first kappa shape index (κ1) is 16.2. The number of carbonyl (C=O) groups is 1. The van der Waals surface area contributed by atoms with Crippen molar-refractivity contribution >= 4 is 40.8 Å². The summed E-state index contributed by atoms with van der Waals surface area (Å²) in [5.74, 6) is 1.17. The Labute approximate surface area is 154 Å². The minimum atomic E-state index is 0.0332. The molecule has 0 atom stereocenters. The van der Waals surface area contributed by atoms with Crippen molar-refractivity contribution in [2.24, 2.45) is 7.05 Å². The predicted molar refractivity (Wildman–Crippen MR) is 101 cm³/mol. The predicted octanol–water partition coefficient (Wildman–Crippen LogP) is 4.05. The topological polar surface area (TPSA) is 51.0 Å². The number of fused-ring (bicyclic) bond motifs is 2. The number of anilines is 2. The van der Waals surface area contributed by atoms with Crippen LogP contribution in [-0.2, 0) is 11.8 Å². The Balaban J connectivity index is 1.65. The van der Waals surface area contributed by atoms with Gasteiger partial charge >= 0.3 is 0 Å². The fourth-order valence-electron chi connectivity index (χ4n) is 2.68. The molecule has 3 aromatic rings. The Kier molecular flexibility index (Phi) is 4.27. The first-order chi connectivity index (χ1) is 12.1. The third-order valence-corrected chi connectivity index (χ3v) is 6.19. The van der Waals surface area contributed by atoms with Gasteiger partial charge in [0.1, 0.15) is 5.82 Å². The van der Waals surface area contributed by atoms with Crippen molar-refractivity contribution in [1.29, 1.82) is 0 Å². The summed E-state index contributed by atoms with van der Waals surface area (Å²) in [5.41, 5.74) is 1.87. The summed E-state index contributed by atoms with van der Waals surface area (Å²) in [7, 11) is 1.91. The first-order valence-corrected chi connectivity index (χ1v) is 9.63. The number of thioether (sulfide) groups is 1. The van der Waals surface area contributed by atoms with Crippen LogP contribution in [0.25, 0.3) is 0 Å². The van der Waals surface area contributed by atoms with Gasteiger partial charge in [0.15, 0.2) is 5.16 Å². The van der Waals surface area contributed by atoms with E-state index in [2.05, 4.69) is 22.3 Å². The maximum absolute atomic E-state index is 13.1. The van der Waals surface area contributed by atoms with Crippen LogP contribution < -0.4 is 4.90 Å². The highest BCUT2D eigenvalue weighted by atomic mass is 32.2. The van der Waals surface area contributed by atoms with Gasteiger partial charge in [0.25, 0.3) is 0 Å². The number of rotatable bonds is 3. The molecule has 126 valence electrons. The molecule has 0 aliphatic carbocycles. The number of carbonyl (C=O) groups excluding carboxylic acids is 1. The van der Waals surface area contributed by atoms with Gasteiger partial charge in [-0.2, -0.15) is 0 Å². The number of nitrogens with zero attached hydrogens (tertiary/aromatic N) is 4. The van der Waals surface area contributed by atoms with Crippen LogP contribution in [0.2, 0.25) is 0 Å². The van der Waals surface area contributed by atoms with Gasteiger partial charge in [0.05, 0.1) is 17.1 Å². The molecule has 0 bridgehead atoms. The summed E-state index contributed by atoms with van der Waals surface area (Å²) < 4.78 is 1.89. The summed E-state index contributed by atoms with van der Waals surface area (Å²) in [5, 5.41) is 8.91. The van der Waals surface area contributed by atoms with E-state index >= 15 is 0 Å². The van der Waals surface area contributed by atoms with Crippen LogP contribution in [0.15, 0.2) is 63.5 Å². The molecule has 1 aliphatic heterocycles. The summed E-state index contributed by atoms with van der Waals surface area (Å²) in [4.78, 5) is 17.1. The number of hydrogen-bond donors (Lipinski definition) is 0. The number of para-hydroxylation sites is 2. The van der Waals surface area contributed by atoms with Gasteiger partial charge in [-0.25, -0.2) is 0 Å². The SMILES string of the molecule is Cc1nnc(SCC(=O)N2c3ccccc3Sc3ccccc32)n1C. The van der Waals surface area contributed by atoms with Crippen molar-refractivity contribution in [3.8, 4) is 0 Å². The van der Waals surface area contributed by atoms with Gasteiger partial charge in [0.2, 0.25) is 5.91 Å². The standard InChI is InChI=1S/C18H16N4OS2/c1-12-19-20-18(21(12)2)24-11-17(23)22-13-7-3-5-9-15(13)25-16-10-6-4-8-14(16)22/h3-10H,11H2,1-2H3. The van der Waals surface area contributed by atoms with E-state index in [1.54, 1.807) is 11.8 Å². The monoisotopic (exact) mass is 368 g/mol. The average molecular weight is 368 g/mol. The van der Waals surface area contributed by atoms with Crippen molar-refractivity contribution in [1.82, 2.24) is 14.8 Å². The Hall–Kier alpha value is -2.25. The molecular weight excluding hydrogens is 352 g/mol. The molecule has 1 aromatic heterocycles. The molecule has 1 aliphatic rings. The maximum atomic E-state index is 13.1. The Morgan fingerprint density at radius 2 is 1.64 bits per heavy atom. The number of benzene rings is 2. The van der Waals surface area contributed by atoms with E-state index in [0.29, 0.717) is 5.75 Å². The van der Waals surface area contributed by atoms with Crippen molar-refractivity contribution in [3.63, 3.8) is 0 Å². The molecule has 0 unspecified atom stereocenters. The molecule has 0 spiro atoms. The quantitative estimate of drug-likeness (QED) is 0.653. The second-order valence-electron chi connectivity index (χ2n) is 5.64. The molecule has 0 saturated carbocycles. The lowest BCUT2D eigenvalue weighted by atomic mass is 10.2. The van der Waals surface area contributed by atoms with Crippen LogP contribution in [0, 0.1) is 6.92 Å². The average Bonchev–Trinajstić information content (AvgIpc) is 2.96. The third kappa shape index (κ3) is 2.94. The van der Waals surface area contributed by atoms with Gasteiger partial charge in [-0.1, -0.05) is 47.8 Å². The zero-order chi connectivity index (χ0) is 17.4. The van der Waals surface area contributed by atoms with Crippen molar-refractivity contribution in [2.75, 3.05) is 10.7 Å². The molecule has 7 heteroatoms. The van der Waals surface area contributed by atoms with Gasteiger partial charge in [-0.15, -0.1) is 10.2 Å². The molecule has 0 fully saturated rings. The van der Waals surface area contributed by atoms with Crippen LogP contribution in [0.4, 0.5) is 11.4 Å². The van der Waals surface area contributed by atoms with Gasteiger partial charge in [0, 0.05) is 16.8 Å². The van der Waals surface area contributed by atoms with E-state index in [0.717, 1.165) is 32.1 Å². The molecule has 5 nitrogen and oxygen atoms in total. The molecular formula is C18H16N4OS2. The van der Waals surface area contributed by atoms with E-state index in [1.807, 2.05) is 59.8 Å². The number of aryl methyl sites for hydroxylation is 1. The van der Waals surface area contributed by atoms with Gasteiger partial charge < -0.3 is 4.57 Å². The minimum Gasteiger partial charge on any atom is -0.309 e. The highest BCUT2D eigenvalue weighted by molar-refractivity contribution is 8.00. The van der Waals surface area contributed by atoms with Gasteiger partial charge in [-0.05, 0) is 31.2 Å². The van der Waals surface area contributed by atoms with Crippen molar-refractivity contribution < 1.29 is 4.79 Å². The Morgan fingerprint density at radius 1 is 1.04 bits per heavy atom. The number of hydrogen-bond acceptors (Lipinski definition) is 5. The number of amides is 1. The second kappa shape index (κ2) is 6.57. The fraction of sp³-hybridized carbons (Fsp3) is 0.167. The highest BCUT2D eigenvalue weighted by Gasteiger charge is 2.28.